The van der Waals surface area contributed by atoms with Gasteiger partial charge in [0.05, 0.1) is 0 Å². The van der Waals surface area contributed by atoms with Crippen LogP contribution in [0.5, 0.6) is 0 Å². The normalized spacial score (nSPS) is 10.2. The molecule has 2 aromatic rings. The summed E-state index contributed by atoms with van der Waals surface area (Å²) in [6.07, 6.45) is 2.72. The molecule has 0 fully saturated rings. The molecular weight excluding hydrogens is 184 g/mol. The third-order valence-corrected chi connectivity index (χ3v) is 2.53. The Morgan fingerprint density at radius 3 is 2.53 bits per heavy atom. The van der Waals surface area contributed by atoms with Crippen LogP contribution in [-0.2, 0) is 6.42 Å². The number of hydrogen-bond donors (Lipinski definition) is 1. The monoisotopic (exact) mass is 198 g/mol. The lowest BCUT2D eigenvalue weighted by Gasteiger charge is -2.09. The number of hydrogen-bond acceptors (Lipinski definition) is 2. The van der Waals surface area contributed by atoms with Crippen molar-refractivity contribution < 1.29 is 0 Å². The van der Waals surface area contributed by atoms with E-state index in [1.807, 2.05) is 18.2 Å². The number of benzene rings is 1. The number of nitrogen functional groups attached to an aromatic ring is 1. The Morgan fingerprint density at radius 1 is 1.07 bits per heavy atom. The second-order valence-electron chi connectivity index (χ2n) is 3.45. The Balaban J connectivity index is 2.59. The molecule has 0 aliphatic heterocycles. The molecule has 2 rings (SSSR count). The Morgan fingerprint density at radius 2 is 1.80 bits per heavy atom. The minimum atomic E-state index is 0.596. The molecule has 0 saturated heterocycles. The Labute approximate surface area is 89.8 Å². The summed E-state index contributed by atoms with van der Waals surface area (Å²) in [5, 5.41) is 0. The van der Waals surface area contributed by atoms with Gasteiger partial charge in [-0.3, -0.25) is 0 Å². The zero-order valence-corrected chi connectivity index (χ0v) is 8.77. The molecular formula is C13H14N2. The van der Waals surface area contributed by atoms with E-state index in [1.54, 1.807) is 6.20 Å². The van der Waals surface area contributed by atoms with Gasteiger partial charge < -0.3 is 5.73 Å². The summed E-state index contributed by atoms with van der Waals surface area (Å²) < 4.78 is 0. The van der Waals surface area contributed by atoms with Crippen LogP contribution in [0, 0.1) is 0 Å². The van der Waals surface area contributed by atoms with Crippen molar-refractivity contribution in [3.8, 4) is 11.1 Å². The molecule has 0 atom stereocenters. The number of nitrogens with zero attached hydrogens (tertiary/aromatic N) is 1. The predicted molar refractivity (Wildman–Crippen MR) is 63.5 cm³/mol. The van der Waals surface area contributed by atoms with E-state index < -0.39 is 0 Å². The summed E-state index contributed by atoms with van der Waals surface area (Å²) in [5.74, 6) is 0.596. The molecule has 1 aromatic carbocycles. The Hall–Kier alpha value is -1.83. The number of pyridine rings is 1. The molecule has 0 radical (unpaired) electrons. The second kappa shape index (κ2) is 4.13. The van der Waals surface area contributed by atoms with Crippen LogP contribution in [0.1, 0.15) is 12.5 Å². The number of nitrogens with two attached hydrogens (primary N) is 1. The lowest BCUT2D eigenvalue weighted by molar-refractivity contribution is 1.14. The first-order valence-electron chi connectivity index (χ1n) is 5.11. The lowest BCUT2D eigenvalue weighted by Crippen LogP contribution is -1.95. The number of aryl methyl sites for hydroxylation is 1. The summed E-state index contributed by atoms with van der Waals surface area (Å²) in [7, 11) is 0. The smallest absolute Gasteiger partial charge is 0.131 e. The molecule has 0 unspecified atom stereocenters. The molecule has 0 aliphatic rings. The first-order valence-corrected chi connectivity index (χ1v) is 5.11. The van der Waals surface area contributed by atoms with Gasteiger partial charge in [-0.1, -0.05) is 31.2 Å². The average molecular weight is 198 g/mol. The van der Waals surface area contributed by atoms with E-state index >= 15 is 0 Å². The SMILES string of the molecule is CCc1ccccc1-c1cccnc1N. The molecule has 0 aliphatic carbocycles. The van der Waals surface area contributed by atoms with Crippen molar-refractivity contribution in [2.75, 3.05) is 5.73 Å². The minimum Gasteiger partial charge on any atom is -0.383 e. The zero-order chi connectivity index (χ0) is 10.7. The topological polar surface area (TPSA) is 38.9 Å². The number of rotatable bonds is 2. The van der Waals surface area contributed by atoms with Gasteiger partial charge in [0.1, 0.15) is 5.82 Å². The fourth-order valence-electron chi connectivity index (χ4n) is 1.74. The summed E-state index contributed by atoms with van der Waals surface area (Å²) in [5.41, 5.74) is 9.38. The van der Waals surface area contributed by atoms with Gasteiger partial charge in [-0.2, -0.15) is 0 Å². The maximum absolute atomic E-state index is 5.87. The van der Waals surface area contributed by atoms with Gasteiger partial charge >= 0.3 is 0 Å². The van der Waals surface area contributed by atoms with Crippen molar-refractivity contribution in [1.82, 2.24) is 4.98 Å². The lowest BCUT2D eigenvalue weighted by atomic mass is 9.99. The largest absolute Gasteiger partial charge is 0.383 e. The van der Waals surface area contributed by atoms with E-state index in [1.165, 1.54) is 11.1 Å². The van der Waals surface area contributed by atoms with Crippen LogP contribution in [0.4, 0.5) is 5.82 Å². The van der Waals surface area contributed by atoms with Crippen LogP contribution in [0.2, 0.25) is 0 Å². The summed E-state index contributed by atoms with van der Waals surface area (Å²) >= 11 is 0. The van der Waals surface area contributed by atoms with E-state index in [-0.39, 0.29) is 0 Å². The average Bonchev–Trinajstić information content (AvgIpc) is 2.30. The van der Waals surface area contributed by atoms with Crippen molar-refractivity contribution >= 4 is 5.82 Å². The van der Waals surface area contributed by atoms with Crippen LogP contribution < -0.4 is 5.73 Å². The molecule has 0 bridgehead atoms. The van der Waals surface area contributed by atoms with Crippen LogP contribution >= 0.6 is 0 Å². The van der Waals surface area contributed by atoms with Crippen molar-refractivity contribution in [3.63, 3.8) is 0 Å². The van der Waals surface area contributed by atoms with E-state index in [2.05, 4.69) is 30.1 Å². The van der Waals surface area contributed by atoms with Gasteiger partial charge in [0.2, 0.25) is 0 Å². The zero-order valence-electron chi connectivity index (χ0n) is 8.77. The predicted octanol–water partition coefficient (Wildman–Crippen LogP) is 2.89. The molecule has 0 spiro atoms. The molecule has 76 valence electrons. The highest BCUT2D eigenvalue weighted by atomic mass is 14.8. The summed E-state index contributed by atoms with van der Waals surface area (Å²) in [6.45, 7) is 2.14. The number of anilines is 1. The van der Waals surface area contributed by atoms with E-state index in [0.717, 1.165) is 12.0 Å². The van der Waals surface area contributed by atoms with Gasteiger partial charge in [0.25, 0.3) is 0 Å². The maximum atomic E-state index is 5.87. The molecule has 15 heavy (non-hydrogen) atoms. The summed E-state index contributed by atoms with van der Waals surface area (Å²) in [4.78, 5) is 4.11. The highest BCUT2D eigenvalue weighted by molar-refractivity contribution is 5.75. The van der Waals surface area contributed by atoms with Crippen molar-refractivity contribution in [1.29, 1.82) is 0 Å². The quantitative estimate of drug-likeness (QED) is 0.805. The van der Waals surface area contributed by atoms with Crippen LogP contribution in [0.3, 0.4) is 0 Å². The molecule has 0 amide bonds. The second-order valence-corrected chi connectivity index (χ2v) is 3.45. The molecule has 2 N–H and O–H groups in total. The van der Waals surface area contributed by atoms with E-state index in [4.69, 9.17) is 5.73 Å². The third kappa shape index (κ3) is 1.84. The number of aromatic nitrogens is 1. The highest BCUT2D eigenvalue weighted by Crippen LogP contribution is 2.27. The van der Waals surface area contributed by atoms with Gasteiger partial charge in [-0.25, -0.2) is 4.98 Å². The minimum absolute atomic E-state index is 0.596. The molecule has 2 nitrogen and oxygen atoms in total. The maximum Gasteiger partial charge on any atom is 0.131 e. The molecule has 1 aromatic heterocycles. The first kappa shape index (κ1) is 9.71. The van der Waals surface area contributed by atoms with Crippen molar-refractivity contribution in [3.05, 3.63) is 48.2 Å². The Bertz CT molecular complexity index is 464. The van der Waals surface area contributed by atoms with Crippen LogP contribution in [0.15, 0.2) is 42.6 Å². The molecule has 1 heterocycles. The van der Waals surface area contributed by atoms with Gasteiger partial charge in [-0.15, -0.1) is 0 Å². The fraction of sp³-hybridized carbons (Fsp3) is 0.154. The van der Waals surface area contributed by atoms with Gasteiger partial charge in [0, 0.05) is 11.8 Å². The van der Waals surface area contributed by atoms with Gasteiger partial charge in [-0.05, 0) is 29.7 Å². The summed E-state index contributed by atoms with van der Waals surface area (Å²) in [6, 6.07) is 12.2. The molecule has 0 saturated carbocycles. The van der Waals surface area contributed by atoms with E-state index in [0.29, 0.717) is 5.82 Å². The van der Waals surface area contributed by atoms with Crippen molar-refractivity contribution in [2.45, 2.75) is 13.3 Å². The van der Waals surface area contributed by atoms with Crippen LogP contribution in [-0.4, -0.2) is 4.98 Å². The van der Waals surface area contributed by atoms with Crippen LogP contribution in [0.25, 0.3) is 11.1 Å². The van der Waals surface area contributed by atoms with Gasteiger partial charge in [0.15, 0.2) is 0 Å². The Kier molecular flexibility index (Phi) is 2.68. The first-order chi connectivity index (χ1) is 7.33. The standard InChI is InChI=1S/C13H14N2/c1-2-10-6-3-4-7-11(10)12-8-5-9-15-13(12)14/h3-9H,2H2,1H3,(H2,14,15). The molecule has 2 heteroatoms. The third-order valence-electron chi connectivity index (χ3n) is 2.53. The van der Waals surface area contributed by atoms with E-state index in [9.17, 15) is 0 Å². The van der Waals surface area contributed by atoms with Crippen molar-refractivity contribution in [2.24, 2.45) is 0 Å². The highest BCUT2D eigenvalue weighted by Gasteiger charge is 2.05. The fourth-order valence-corrected chi connectivity index (χ4v) is 1.74.